The van der Waals surface area contributed by atoms with Gasteiger partial charge < -0.3 is 5.11 Å². The van der Waals surface area contributed by atoms with E-state index < -0.39 is 5.97 Å². The summed E-state index contributed by atoms with van der Waals surface area (Å²) in [7, 11) is 0. The summed E-state index contributed by atoms with van der Waals surface area (Å²) < 4.78 is 0. The highest BCUT2D eigenvalue weighted by molar-refractivity contribution is 5.90. The summed E-state index contributed by atoms with van der Waals surface area (Å²) in [6.07, 6.45) is 14.3. The number of hydrogen-bond donors (Lipinski definition) is 1. The van der Waals surface area contributed by atoms with E-state index in [2.05, 4.69) is 32.9 Å². The van der Waals surface area contributed by atoms with E-state index in [-0.39, 0.29) is 11.0 Å². The average molecular weight is 314 g/mol. The topological polar surface area (TPSA) is 54.4 Å². The first kappa shape index (κ1) is 18.9. The Labute approximate surface area is 138 Å². The fraction of sp³-hybridized carbons (Fsp3) is 0.400. The third-order valence-corrected chi connectivity index (χ3v) is 4.13. The van der Waals surface area contributed by atoms with Crippen molar-refractivity contribution in [2.45, 2.75) is 47.0 Å². The maximum atomic E-state index is 10.7. The molecule has 0 radical (unpaired) electrons. The zero-order valence-corrected chi connectivity index (χ0v) is 14.4. The van der Waals surface area contributed by atoms with Crippen molar-refractivity contribution in [2.75, 3.05) is 0 Å². The Hall–Kier alpha value is -2.16. The predicted octanol–water partition coefficient (Wildman–Crippen LogP) is 4.78. The molecule has 3 nitrogen and oxygen atoms in total. The van der Waals surface area contributed by atoms with Gasteiger partial charge in [-0.2, -0.15) is 0 Å². The van der Waals surface area contributed by atoms with Crippen LogP contribution in [0.5, 0.6) is 0 Å². The average Bonchev–Trinajstić information content (AvgIpc) is 2.44. The fourth-order valence-electron chi connectivity index (χ4n) is 2.86. The summed E-state index contributed by atoms with van der Waals surface area (Å²) in [6, 6.07) is 0. The number of aliphatic carboxylic acids is 1. The molecule has 3 heteroatoms. The molecule has 0 spiro atoms. The van der Waals surface area contributed by atoms with Crippen molar-refractivity contribution < 1.29 is 14.7 Å². The van der Waals surface area contributed by atoms with Crippen molar-refractivity contribution in [3.05, 3.63) is 58.7 Å². The lowest BCUT2D eigenvalue weighted by Gasteiger charge is -2.32. The number of carbonyl (C=O) groups is 2. The van der Waals surface area contributed by atoms with Crippen LogP contribution in [0.2, 0.25) is 0 Å². The van der Waals surface area contributed by atoms with Crippen molar-refractivity contribution in [3.63, 3.8) is 0 Å². The van der Waals surface area contributed by atoms with E-state index in [1.165, 1.54) is 30.1 Å². The van der Waals surface area contributed by atoms with E-state index in [1.54, 1.807) is 6.08 Å². The van der Waals surface area contributed by atoms with Gasteiger partial charge in [0.25, 0.3) is 0 Å². The van der Waals surface area contributed by atoms with Crippen LogP contribution in [0.25, 0.3) is 0 Å². The van der Waals surface area contributed by atoms with Crippen molar-refractivity contribution in [1.82, 2.24) is 0 Å². The molecule has 0 aromatic carbocycles. The van der Waals surface area contributed by atoms with Gasteiger partial charge in [-0.15, -0.1) is 0 Å². The number of carboxylic acids is 1. The van der Waals surface area contributed by atoms with Crippen LogP contribution in [0.4, 0.5) is 0 Å². The van der Waals surface area contributed by atoms with E-state index in [9.17, 15) is 9.59 Å². The number of hydrogen-bond acceptors (Lipinski definition) is 2. The lowest BCUT2D eigenvalue weighted by Crippen LogP contribution is -2.19. The SMILES string of the molecule is CC(C=CC1=C(C)CCCC1(C)C)=CC=CC(C=O)=CC(=O)O. The highest BCUT2D eigenvalue weighted by Crippen LogP contribution is 2.40. The monoisotopic (exact) mass is 314 g/mol. The molecular formula is C20H26O3. The Morgan fingerprint density at radius 3 is 2.52 bits per heavy atom. The van der Waals surface area contributed by atoms with Gasteiger partial charge in [-0.05, 0) is 44.1 Å². The lowest BCUT2D eigenvalue weighted by atomic mass is 9.72. The third-order valence-electron chi connectivity index (χ3n) is 4.13. The smallest absolute Gasteiger partial charge is 0.329 e. The lowest BCUT2D eigenvalue weighted by molar-refractivity contribution is -0.131. The molecule has 0 amide bonds. The second kappa shape index (κ2) is 8.47. The van der Waals surface area contributed by atoms with Crippen LogP contribution in [0, 0.1) is 5.41 Å². The van der Waals surface area contributed by atoms with Crippen molar-refractivity contribution in [3.8, 4) is 0 Å². The molecule has 1 aliphatic rings. The zero-order chi connectivity index (χ0) is 17.5. The first-order valence-corrected chi connectivity index (χ1v) is 7.89. The van der Waals surface area contributed by atoms with Gasteiger partial charge in [0.05, 0.1) is 0 Å². The zero-order valence-electron chi connectivity index (χ0n) is 14.4. The molecule has 1 N–H and O–H groups in total. The van der Waals surface area contributed by atoms with Gasteiger partial charge in [0.2, 0.25) is 0 Å². The minimum absolute atomic E-state index is 0.137. The van der Waals surface area contributed by atoms with Gasteiger partial charge in [-0.1, -0.05) is 55.4 Å². The molecule has 0 bridgehead atoms. The number of rotatable bonds is 6. The quantitative estimate of drug-likeness (QED) is 0.436. The molecule has 124 valence electrons. The predicted molar refractivity (Wildman–Crippen MR) is 94.2 cm³/mol. The van der Waals surface area contributed by atoms with Crippen LogP contribution in [-0.4, -0.2) is 17.4 Å². The summed E-state index contributed by atoms with van der Waals surface area (Å²) in [6.45, 7) is 8.74. The number of carboxylic acid groups (broad SMARTS) is 1. The number of allylic oxidation sites excluding steroid dienone is 9. The van der Waals surface area contributed by atoms with Crippen LogP contribution in [0.1, 0.15) is 47.0 Å². The summed E-state index contributed by atoms with van der Waals surface area (Å²) in [5.41, 5.74) is 4.25. The van der Waals surface area contributed by atoms with Crippen molar-refractivity contribution in [2.24, 2.45) is 5.41 Å². The molecule has 0 atom stereocenters. The molecule has 1 aliphatic carbocycles. The van der Waals surface area contributed by atoms with Crippen LogP contribution in [0.15, 0.2) is 58.7 Å². The summed E-state index contributed by atoms with van der Waals surface area (Å²) >= 11 is 0. The summed E-state index contributed by atoms with van der Waals surface area (Å²) in [5.74, 6) is -1.13. The molecule has 0 heterocycles. The van der Waals surface area contributed by atoms with Gasteiger partial charge in [0, 0.05) is 11.6 Å². The van der Waals surface area contributed by atoms with Crippen molar-refractivity contribution >= 4 is 12.3 Å². The normalized spacial score (nSPS) is 19.7. The molecule has 0 unspecified atom stereocenters. The van der Waals surface area contributed by atoms with E-state index in [4.69, 9.17) is 5.11 Å². The van der Waals surface area contributed by atoms with Gasteiger partial charge in [-0.25, -0.2) is 4.79 Å². The van der Waals surface area contributed by atoms with Gasteiger partial charge in [0.15, 0.2) is 0 Å². The Kier molecular flexibility index (Phi) is 6.95. The minimum atomic E-state index is -1.13. The maximum absolute atomic E-state index is 10.7. The molecule has 0 saturated heterocycles. The van der Waals surface area contributed by atoms with Crippen LogP contribution in [0.3, 0.4) is 0 Å². The van der Waals surface area contributed by atoms with Crippen molar-refractivity contribution in [1.29, 1.82) is 0 Å². The minimum Gasteiger partial charge on any atom is -0.478 e. The van der Waals surface area contributed by atoms with E-state index in [0.29, 0.717) is 6.29 Å². The molecule has 0 fully saturated rings. The second-order valence-electron chi connectivity index (χ2n) is 6.64. The van der Waals surface area contributed by atoms with Gasteiger partial charge in [0.1, 0.15) is 6.29 Å². The van der Waals surface area contributed by atoms with E-state index in [1.807, 2.05) is 13.0 Å². The summed E-state index contributed by atoms with van der Waals surface area (Å²) in [5, 5.41) is 8.63. The highest BCUT2D eigenvalue weighted by atomic mass is 16.4. The Morgan fingerprint density at radius 1 is 1.26 bits per heavy atom. The van der Waals surface area contributed by atoms with Crippen LogP contribution in [-0.2, 0) is 9.59 Å². The number of aldehydes is 1. The summed E-state index contributed by atoms with van der Waals surface area (Å²) in [4.78, 5) is 21.3. The largest absolute Gasteiger partial charge is 0.478 e. The molecule has 1 rings (SSSR count). The standard InChI is InChI=1S/C20H26O3/c1-15(7-5-9-17(14-21)13-19(22)23)10-11-18-16(2)8-6-12-20(18,3)4/h5,7,9-11,13-14H,6,8,12H2,1-4H3,(H,22,23). The van der Waals surface area contributed by atoms with E-state index in [0.717, 1.165) is 18.1 Å². The first-order valence-electron chi connectivity index (χ1n) is 7.89. The molecule has 23 heavy (non-hydrogen) atoms. The Balaban J connectivity index is 2.84. The molecule has 0 aliphatic heterocycles. The van der Waals surface area contributed by atoms with Crippen LogP contribution < -0.4 is 0 Å². The second-order valence-corrected chi connectivity index (χ2v) is 6.64. The molecule has 0 aromatic rings. The highest BCUT2D eigenvalue weighted by Gasteiger charge is 2.26. The Morgan fingerprint density at radius 2 is 1.96 bits per heavy atom. The maximum Gasteiger partial charge on any atom is 0.329 e. The van der Waals surface area contributed by atoms with E-state index >= 15 is 0 Å². The number of carbonyl (C=O) groups excluding carboxylic acids is 1. The van der Waals surface area contributed by atoms with Crippen LogP contribution >= 0.6 is 0 Å². The fourth-order valence-corrected chi connectivity index (χ4v) is 2.86. The van der Waals surface area contributed by atoms with Gasteiger partial charge in [-0.3, -0.25) is 4.79 Å². The van der Waals surface area contributed by atoms with Gasteiger partial charge >= 0.3 is 5.97 Å². The first-order chi connectivity index (χ1) is 10.8. The molecular weight excluding hydrogens is 288 g/mol. The molecule has 0 saturated carbocycles. The Bertz CT molecular complexity index is 611. The third kappa shape index (κ3) is 6.23. The molecule has 0 aromatic heterocycles.